The second-order valence-corrected chi connectivity index (χ2v) is 7.62. The number of carbonyl (C=O) groups is 1. The van der Waals surface area contributed by atoms with Crippen molar-refractivity contribution in [2.24, 2.45) is 0 Å². The van der Waals surface area contributed by atoms with Crippen LogP contribution in [-0.2, 0) is 14.8 Å². The molecule has 6 nitrogen and oxygen atoms in total. The number of nitrogens with zero attached hydrogens (tertiary/aromatic N) is 2. The zero-order valence-electron chi connectivity index (χ0n) is 13.9. The lowest BCUT2D eigenvalue weighted by molar-refractivity contribution is 0.109. The van der Waals surface area contributed by atoms with E-state index in [0.29, 0.717) is 37.6 Å². The molecule has 1 saturated heterocycles. The standard InChI is InChI=1S/C16H24N2O4S/c1-4-22-16(19)17-8-5-9-18(11-10-17)23(20,21)15-7-6-13(2)12-14(15)3/h6-7,12H,4-5,8-11H2,1-3H3. The highest BCUT2D eigenvalue weighted by Crippen LogP contribution is 2.22. The van der Waals surface area contributed by atoms with E-state index in [0.717, 1.165) is 11.1 Å². The first-order valence-corrected chi connectivity index (χ1v) is 9.29. The largest absolute Gasteiger partial charge is 0.450 e. The molecular weight excluding hydrogens is 316 g/mol. The van der Waals surface area contributed by atoms with Crippen LogP contribution >= 0.6 is 0 Å². The summed E-state index contributed by atoms with van der Waals surface area (Å²) in [6.07, 6.45) is 0.224. The van der Waals surface area contributed by atoms with E-state index in [4.69, 9.17) is 4.74 Å². The first kappa shape index (κ1) is 17.7. The summed E-state index contributed by atoms with van der Waals surface area (Å²) >= 11 is 0. The van der Waals surface area contributed by atoms with Gasteiger partial charge in [0.1, 0.15) is 0 Å². The maximum atomic E-state index is 12.9. The van der Waals surface area contributed by atoms with Crippen molar-refractivity contribution in [3.63, 3.8) is 0 Å². The van der Waals surface area contributed by atoms with Crippen LogP contribution in [0.1, 0.15) is 24.5 Å². The van der Waals surface area contributed by atoms with Crippen molar-refractivity contribution in [1.82, 2.24) is 9.21 Å². The van der Waals surface area contributed by atoms with Gasteiger partial charge in [-0.1, -0.05) is 17.7 Å². The SMILES string of the molecule is CCOC(=O)N1CCCN(S(=O)(=O)c2ccc(C)cc2C)CC1. The molecule has 1 amide bonds. The summed E-state index contributed by atoms with van der Waals surface area (Å²) in [5.41, 5.74) is 1.78. The summed E-state index contributed by atoms with van der Waals surface area (Å²) in [4.78, 5) is 13.7. The fourth-order valence-corrected chi connectivity index (χ4v) is 4.43. The number of amides is 1. The monoisotopic (exact) mass is 340 g/mol. The van der Waals surface area contributed by atoms with E-state index in [1.54, 1.807) is 17.9 Å². The molecular formula is C16H24N2O4S. The van der Waals surface area contributed by atoms with E-state index in [1.807, 2.05) is 26.0 Å². The molecule has 0 unspecified atom stereocenters. The summed E-state index contributed by atoms with van der Waals surface area (Å²) in [6, 6.07) is 5.34. The minimum absolute atomic E-state index is 0.286. The van der Waals surface area contributed by atoms with Gasteiger partial charge in [0.2, 0.25) is 10.0 Å². The van der Waals surface area contributed by atoms with Crippen LogP contribution in [0.15, 0.2) is 23.1 Å². The Morgan fingerprint density at radius 1 is 1.17 bits per heavy atom. The van der Waals surface area contributed by atoms with Crippen molar-refractivity contribution in [3.05, 3.63) is 29.3 Å². The first-order chi connectivity index (χ1) is 10.9. The second-order valence-electron chi connectivity index (χ2n) is 5.71. The molecule has 7 heteroatoms. The molecule has 0 N–H and O–H groups in total. The number of hydrogen-bond acceptors (Lipinski definition) is 4. The molecule has 1 aliphatic heterocycles. The maximum absolute atomic E-state index is 12.9. The number of benzene rings is 1. The molecule has 1 aromatic carbocycles. The molecule has 23 heavy (non-hydrogen) atoms. The summed E-state index contributed by atoms with van der Waals surface area (Å²) in [5, 5.41) is 0. The average Bonchev–Trinajstić information content (AvgIpc) is 2.73. The highest BCUT2D eigenvalue weighted by atomic mass is 32.2. The van der Waals surface area contributed by atoms with Crippen LogP contribution in [0.25, 0.3) is 0 Å². The third-order valence-corrected chi connectivity index (χ3v) is 5.99. The van der Waals surface area contributed by atoms with Crippen molar-refractivity contribution in [2.75, 3.05) is 32.8 Å². The molecule has 0 atom stereocenters. The van der Waals surface area contributed by atoms with Gasteiger partial charge in [0, 0.05) is 26.2 Å². The van der Waals surface area contributed by atoms with Crippen LogP contribution in [0.2, 0.25) is 0 Å². The number of rotatable bonds is 3. The molecule has 2 rings (SSSR count). The van der Waals surface area contributed by atoms with Crippen molar-refractivity contribution in [1.29, 1.82) is 0 Å². The van der Waals surface area contributed by atoms with E-state index < -0.39 is 10.0 Å². The van der Waals surface area contributed by atoms with Crippen molar-refractivity contribution in [3.8, 4) is 0 Å². The Bertz CT molecular complexity index is 673. The molecule has 0 spiro atoms. The number of carbonyl (C=O) groups excluding carboxylic acids is 1. The predicted molar refractivity (Wildman–Crippen MR) is 87.9 cm³/mol. The summed E-state index contributed by atoms with van der Waals surface area (Å²) in [6.45, 7) is 7.38. The number of sulfonamides is 1. The zero-order chi connectivity index (χ0) is 17.0. The minimum atomic E-state index is -3.54. The molecule has 1 heterocycles. The Balaban J connectivity index is 2.16. The number of ether oxygens (including phenoxy) is 1. The van der Waals surface area contributed by atoms with Crippen LogP contribution in [0.4, 0.5) is 4.79 Å². The third kappa shape index (κ3) is 4.03. The highest BCUT2D eigenvalue weighted by molar-refractivity contribution is 7.89. The highest BCUT2D eigenvalue weighted by Gasteiger charge is 2.29. The maximum Gasteiger partial charge on any atom is 0.409 e. The van der Waals surface area contributed by atoms with E-state index in [9.17, 15) is 13.2 Å². The lowest BCUT2D eigenvalue weighted by atomic mass is 10.2. The Morgan fingerprint density at radius 3 is 2.57 bits per heavy atom. The fraction of sp³-hybridized carbons (Fsp3) is 0.562. The number of aryl methyl sites for hydroxylation is 2. The quantitative estimate of drug-likeness (QED) is 0.846. The fourth-order valence-electron chi connectivity index (χ4n) is 2.76. The first-order valence-electron chi connectivity index (χ1n) is 7.85. The third-order valence-electron chi connectivity index (χ3n) is 3.93. The van der Waals surface area contributed by atoms with Gasteiger partial charge in [0.25, 0.3) is 0 Å². The van der Waals surface area contributed by atoms with Gasteiger partial charge >= 0.3 is 6.09 Å². The normalized spacial score (nSPS) is 16.9. The van der Waals surface area contributed by atoms with Gasteiger partial charge in [-0.2, -0.15) is 4.31 Å². The Morgan fingerprint density at radius 2 is 1.91 bits per heavy atom. The van der Waals surface area contributed by atoms with Crippen LogP contribution in [0.5, 0.6) is 0 Å². The van der Waals surface area contributed by atoms with Gasteiger partial charge < -0.3 is 9.64 Å². The summed E-state index contributed by atoms with van der Waals surface area (Å²) in [7, 11) is -3.54. The molecule has 0 saturated carbocycles. The smallest absolute Gasteiger partial charge is 0.409 e. The van der Waals surface area contributed by atoms with Crippen LogP contribution in [0, 0.1) is 13.8 Å². The molecule has 1 fully saturated rings. The van der Waals surface area contributed by atoms with Gasteiger partial charge in [0.15, 0.2) is 0 Å². The van der Waals surface area contributed by atoms with Gasteiger partial charge in [-0.25, -0.2) is 13.2 Å². The van der Waals surface area contributed by atoms with Crippen molar-refractivity contribution >= 4 is 16.1 Å². The lowest BCUT2D eigenvalue weighted by Crippen LogP contribution is -2.37. The molecule has 1 aromatic rings. The second kappa shape index (κ2) is 7.31. The Labute approximate surface area is 138 Å². The van der Waals surface area contributed by atoms with E-state index in [-0.39, 0.29) is 12.6 Å². The van der Waals surface area contributed by atoms with Gasteiger partial charge in [-0.3, -0.25) is 0 Å². The van der Waals surface area contributed by atoms with Crippen LogP contribution in [0.3, 0.4) is 0 Å². The van der Waals surface area contributed by atoms with Crippen LogP contribution < -0.4 is 0 Å². The van der Waals surface area contributed by atoms with Crippen molar-refractivity contribution in [2.45, 2.75) is 32.1 Å². The Kier molecular flexibility index (Phi) is 5.64. The molecule has 0 aliphatic carbocycles. The van der Waals surface area contributed by atoms with Crippen molar-refractivity contribution < 1.29 is 17.9 Å². The molecule has 0 aromatic heterocycles. The summed E-state index contributed by atoms with van der Waals surface area (Å²) in [5.74, 6) is 0. The van der Waals surface area contributed by atoms with Crippen LogP contribution in [-0.4, -0.2) is 56.5 Å². The zero-order valence-corrected chi connectivity index (χ0v) is 14.7. The molecule has 0 radical (unpaired) electrons. The average molecular weight is 340 g/mol. The van der Waals surface area contributed by atoms with Gasteiger partial charge in [-0.15, -0.1) is 0 Å². The summed E-state index contributed by atoms with van der Waals surface area (Å²) < 4.78 is 32.2. The number of hydrogen-bond donors (Lipinski definition) is 0. The van der Waals surface area contributed by atoms with E-state index in [1.165, 1.54) is 4.31 Å². The van der Waals surface area contributed by atoms with Gasteiger partial charge in [-0.05, 0) is 38.8 Å². The van der Waals surface area contributed by atoms with Gasteiger partial charge in [0.05, 0.1) is 11.5 Å². The topological polar surface area (TPSA) is 66.9 Å². The lowest BCUT2D eigenvalue weighted by Gasteiger charge is -2.22. The minimum Gasteiger partial charge on any atom is -0.450 e. The molecule has 128 valence electrons. The molecule has 0 bridgehead atoms. The predicted octanol–water partition coefficient (Wildman–Crippen LogP) is 2.16. The van der Waals surface area contributed by atoms with E-state index in [2.05, 4.69) is 0 Å². The van der Waals surface area contributed by atoms with E-state index >= 15 is 0 Å². The Hall–Kier alpha value is -1.60. The molecule has 1 aliphatic rings.